The molecule has 2 unspecified atom stereocenters. The molecule has 0 heterocycles. The zero-order chi connectivity index (χ0) is 11.3. The number of benzene rings is 1. The molecule has 1 aromatic rings. The number of hydrogen-bond acceptors (Lipinski definition) is 3. The van der Waals surface area contributed by atoms with Crippen molar-refractivity contribution in [2.75, 3.05) is 13.7 Å². The second kappa shape index (κ2) is 5.73. The number of rotatable bonds is 5. The van der Waals surface area contributed by atoms with Gasteiger partial charge in [0.15, 0.2) is 0 Å². The molecule has 0 spiro atoms. The average Bonchev–Trinajstić information content (AvgIpc) is 2.30. The molecule has 0 aliphatic heterocycles. The van der Waals surface area contributed by atoms with Crippen LogP contribution >= 0.6 is 0 Å². The van der Waals surface area contributed by atoms with Gasteiger partial charge in [0, 0.05) is 5.92 Å². The molecule has 2 atom stereocenters. The summed E-state index contributed by atoms with van der Waals surface area (Å²) in [7, 11) is 1.63. The van der Waals surface area contributed by atoms with Crippen molar-refractivity contribution < 1.29 is 9.84 Å². The first kappa shape index (κ1) is 12.0. The highest BCUT2D eigenvalue weighted by Gasteiger charge is 2.17. The van der Waals surface area contributed by atoms with Crippen molar-refractivity contribution >= 4 is 0 Å². The van der Waals surface area contributed by atoms with Crippen LogP contribution in [0.5, 0.6) is 5.75 Å². The molecule has 3 heteroatoms. The molecular weight excluding hydrogens is 190 g/mol. The van der Waals surface area contributed by atoms with E-state index in [2.05, 4.69) is 0 Å². The van der Waals surface area contributed by atoms with Gasteiger partial charge < -0.3 is 15.6 Å². The van der Waals surface area contributed by atoms with Gasteiger partial charge in [-0.05, 0) is 30.7 Å². The third-order valence-electron chi connectivity index (χ3n) is 2.73. The van der Waals surface area contributed by atoms with Gasteiger partial charge in [0.25, 0.3) is 0 Å². The molecule has 0 fully saturated rings. The summed E-state index contributed by atoms with van der Waals surface area (Å²) in [5.41, 5.74) is 6.49. The third kappa shape index (κ3) is 2.94. The van der Waals surface area contributed by atoms with Gasteiger partial charge in [-0.15, -0.1) is 0 Å². The molecular formula is C12H19NO2. The van der Waals surface area contributed by atoms with Crippen molar-refractivity contribution in [3.63, 3.8) is 0 Å². The topological polar surface area (TPSA) is 55.5 Å². The Labute approximate surface area is 90.9 Å². The number of hydrogen-bond donors (Lipinski definition) is 2. The summed E-state index contributed by atoms with van der Waals surface area (Å²) in [6, 6.07) is 7.45. The Morgan fingerprint density at radius 1 is 1.33 bits per heavy atom. The van der Waals surface area contributed by atoms with Crippen LogP contribution in [0.4, 0.5) is 0 Å². The van der Waals surface area contributed by atoms with E-state index in [4.69, 9.17) is 10.5 Å². The Hall–Kier alpha value is -1.06. The largest absolute Gasteiger partial charge is 0.497 e. The zero-order valence-corrected chi connectivity index (χ0v) is 9.31. The summed E-state index contributed by atoms with van der Waals surface area (Å²) in [6.07, 6.45) is 0.398. The predicted molar refractivity (Wildman–Crippen MR) is 60.8 cm³/mol. The summed E-state index contributed by atoms with van der Waals surface area (Å²) >= 11 is 0. The van der Waals surface area contributed by atoms with E-state index in [1.807, 2.05) is 31.2 Å². The minimum atomic E-state index is -0.481. The van der Waals surface area contributed by atoms with Gasteiger partial charge in [-0.25, -0.2) is 0 Å². The van der Waals surface area contributed by atoms with Gasteiger partial charge in [-0.3, -0.25) is 0 Å². The fraction of sp³-hybridized carbons (Fsp3) is 0.500. The molecule has 15 heavy (non-hydrogen) atoms. The van der Waals surface area contributed by atoms with Gasteiger partial charge in [0.05, 0.1) is 13.2 Å². The van der Waals surface area contributed by atoms with Crippen molar-refractivity contribution in [1.82, 2.24) is 0 Å². The Kier molecular flexibility index (Phi) is 4.59. The molecule has 3 nitrogen and oxygen atoms in total. The van der Waals surface area contributed by atoms with Crippen molar-refractivity contribution in [1.29, 1.82) is 0 Å². The van der Waals surface area contributed by atoms with E-state index in [1.54, 1.807) is 7.11 Å². The maximum atomic E-state index is 10.0. The van der Waals surface area contributed by atoms with Crippen LogP contribution in [0.25, 0.3) is 0 Å². The molecule has 0 aliphatic rings. The van der Waals surface area contributed by atoms with E-state index >= 15 is 0 Å². The van der Waals surface area contributed by atoms with Crippen molar-refractivity contribution in [3.8, 4) is 5.75 Å². The van der Waals surface area contributed by atoms with Gasteiger partial charge >= 0.3 is 0 Å². The first-order valence-electron chi connectivity index (χ1n) is 5.25. The quantitative estimate of drug-likeness (QED) is 0.776. The summed E-state index contributed by atoms with van der Waals surface area (Å²) < 4.78 is 5.06. The number of nitrogens with two attached hydrogens (primary N) is 1. The lowest BCUT2D eigenvalue weighted by molar-refractivity contribution is 0.110. The van der Waals surface area contributed by atoms with Crippen LogP contribution in [-0.4, -0.2) is 18.8 Å². The number of ether oxygens (including phenoxy) is 1. The van der Waals surface area contributed by atoms with E-state index in [9.17, 15) is 5.11 Å². The van der Waals surface area contributed by atoms with E-state index in [-0.39, 0.29) is 5.92 Å². The zero-order valence-electron chi connectivity index (χ0n) is 9.31. The minimum Gasteiger partial charge on any atom is -0.497 e. The van der Waals surface area contributed by atoms with E-state index in [1.165, 1.54) is 0 Å². The molecule has 0 saturated heterocycles. The van der Waals surface area contributed by atoms with E-state index in [0.29, 0.717) is 6.54 Å². The lowest BCUT2D eigenvalue weighted by Gasteiger charge is -2.20. The van der Waals surface area contributed by atoms with Crippen LogP contribution in [0, 0.1) is 5.92 Å². The predicted octanol–water partition coefficient (Wildman–Crippen LogP) is 1.71. The first-order valence-corrected chi connectivity index (χ1v) is 5.25. The highest BCUT2D eigenvalue weighted by molar-refractivity contribution is 5.28. The van der Waals surface area contributed by atoms with Crippen LogP contribution in [0.3, 0.4) is 0 Å². The van der Waals surface area contributed by atoms with Crippen LogP contribution in [0.15, 0.2) is 24.3 Å². The van der Waals surface area contributed by atoms with Crippen molar-refractivity contribution in [3.05, 3.63) is 29.8 Å². The second-order valence-electron chi connectivity index (χ2n) is 3.62. The molecule has 0 bridgehead atoms. The van der Waals surface area contributed by atoms with E-state index < -0.39 is 6.10 Å². The van der Waals surface area contributed by atoms with Crippen LogP contribution in [0.2, 0.25) is 0 Å². The first-order chi connectivity index (χ1) is 7.22. The Morgan fingerprint density at radius 3 is 2.33 bits per heavy atom. The summed E-state index contributed by atoms with van der Waals surface area (Å²) in [5.74, 6) is 0.921. The molecule has 0 amide bonds. The summed E-state index contributed by atoms with van der Waals surface area (Å²) in [6.45, 7) is 2.54. The van der Waals surface area contributed by atoms with Crippen LogP contribution in [-0.2, 0) is 0 Å². The Bertz CT molecular complexity index is 280. The third-order valence-corrected chi connectivity index (χ3v) is 2.73. The molecule has 3 N–H and O–H groups in total. The molecule has 0 aromatic heterocycles. The molecule has 0 radical (unpaired) electrons. The number of aliphatic hydroxyl groups is 1. The molecule has 1 aromatic carbocycles. The van der Waals surface area contributed by atoms with Crippen molar-refractivity contribution in [2.24, 2.45) is 11.7 Å². The van der Waals surface area contributed by atoms with E-state index in [0.717, 1.165) is 17.7 Å². The lowest BCUT2D eigenvalue weighted by Crippen LogP contribution is -2.21. The maximum Gasteiger partial charge on any atom is 0.118 e. The highest BCUT2D eigenvalue weighted by atomic mass is 16.5. The monoisotopic (exact) mass is 209 g/mol. The van der Waals surface area contributed by atoms with Gasteiger partial charge in [-0.2, -0.15) is 0 Å². The van der Waals surface area contributed by atoms with Gasteiger partial charge in [0.2, 0.25) is 0 Å². The van der Waals surface area contributed by atoms with Crippen LogP contribution in [0.1, 0.15) is 25.0 Å². The normalized spacial score (nSPS) is 14.7. The van der Waals surface area contributed by atoms with Crippen molar-refractivity contribution in [2.45, 2.75) is 19.4 Å². The fourth-order valence-electron chi connectivity index (χ4n) is 1.59. The Morgan fingerprint density at radius 2 is 1.93 bits per heavy atom. The fourth-order valence-corrected chi connectivity index (χ4v) is 1.59. The lowest BCUT2D eigenvalue weighted by atomic mass is 9.94. The minimum absolute atomic E-state index is 0.124. The molecule has 1 rings (SSSR count). The standard InChI is InChI=1S/C12H19NO2/c1-3-9(8-13)12(14)10-4-6-11(15-2)7-5-10/h4-7,9,12,14H,3,8,13H2,1-2H3. The molecule has 84 valence electrons. The number of methoxy groups -OCH3 is 1. The van der Waals surface area contributed by atoms with Gasteiger partial charge in [-0.1, -0.05) is 19.1 Å². The maximum absolute atomic E-state index is 10.0. The Balaban J connectivity index is 2.76. The summed E-state index contributed by atoms with van der Waals surface area (Å²) in [4.78, 5) is 0. The van der Waals surface area contributed by atoms with Crippen LogP contribution < -0.4 is 10.5 Å². The number of aliphatic hydroxyl groups excluding tert-OH is 1. The summed E-state index contributed by atoms with van der Waals surface area (Å²) in [5, 5.41) is 10.0. The van der Waals surface area contributed by atoms with Gasteiger partial charge in [0.1, 0.15) is 5.75 Å². The highest BCUT2D eigenvalue weighted by Crippen LogP contribution is 2.25. The molecule has 0 aliphatic carbocycles. The SMILES string of the molecule is CCC(CN)C(O)c1ccc(OC)cc1. The second-order valence-corrected chi connectivity index (χ2v) is 3.62. The smallest absolute Gasteiger partial charge is 0.118 e. The molecule has 0 saturated carbocycles. The average molecular weight is 209 g/mol.